The number of carbonyl (C=O) groups is 3. The first-order valence-electron chi connectivity index (χ1n) is 12.9. The zero-order valence-corrected chi connectivity index (χ0v) is 20.7. The zero-order chi connectivity index (χ0) is 23.3. The molecular formula is C27H42O5. The monoisotopic (exact) mass is 446 g/mol. The molecular weight excluding hydrogens is 404 g/mol. The number of rotatable bonds is 5. The SMILES string of the molecule is COC(=O)CCC(C)C1CCC2C3C(=O)CC4CC(OC(C)=O)CCC4(C)C3CCC12C. The normalized spacial score (nSPS) is 44.1. The molecule has 0 aromatic carbocycles. The lowest BCUT2D eigenvalue weighted by Gasteiger charge is -2.60. The highest BCUT2D eigenvalue weighted by molar-refractivity contribution is 5.83. The molecule has 0 amide bonds. The average Bonchev–Trinajstić information content (AvgIpc) is 3.09. The Morgan fingerprint density at radius 2 is 1.75 bits per heavy atom. The van der Waals surface area contributed by atoms with Gasteiger partial charge in [-0.1, -0.05) is 20.8 Å². The predicted molar refractivity (Wildman–Crippen MR) is 122 cm³/mol. The maximum absolute atomic E-state index is 13.6. The van der Waals surface area contributed by atoms with Crippen LogP contribution in [0.2, 0.25) is 0 Å². The second-order valence-electron chi connectivity index (χ2n) is 11.9. The van der Waals surface area contributed by atoms with Crippen LogP contribution in [0.5, 0.6) is 0 Å². The van der Waals surface area contributed by atoms with Gasteiger partial charge in [0.25, 0.3) is 0 Å². The van der Waals surface area contributed by atoms with Crippen molar-refractivity contribution in [3.05, 3.63) is 0 Å². The van der Waals surface area contributed by atoms with Gasteiger partial charge in [-0.3, -0.25) is 14.4 Å². The number of ketones is 1. The number of methoxy groups -OCH3 is 1. The van der Waals surface area contributed by atoms with Crippen molar-refractivity contribution in [3.8, 4) is 0 Å². The van der Waals surface area contributed by atoms with Crippen LogP contribution in [-0.2, 0) is 23.9 Å². The summed E-state index contributed by atoms with van der Waals surface area (Å²) in [7, 11) is 1.46. The third-order valence-corrected chi connectivity index (χ3v) is 10.5. The van der Waals surface area contributed by atoms with E-state index in [2.05, 4.69) is 20.8 Å². The third kappa shape index (κ3) is 3.92. The molecule has 0 saturated heterocycles. The van der Waals surface area contributed by atoms with E-state index in [1.165, 1.54) is 26.9 Å². The summed E-state index contributed by atoms with van der Waals surface area (Å²) in [6.45, 7) is 8.66. The van der Waals surface area contributed by atoms with E-state index in [0.717, 1.165) is 38.5 Å². The molecule has 4 rings (SSSR count). The zero-order valence-electron chi connectivity index (χ0n) is 20.7. The molecule has 9 atom stereocenters. The minimum Gasteiger partial charge on any atom is -0.469 e. The largest absolute Gasteiger partial charge is 0.469 e. The number of esters is 2. The summed E-state index contributed by atoms with van der Waals surface area (Å²) in [5.74, 6) is 2.68. The Morgan fingerprint density at radius 3 is 2.44 bits per heavy atom. The molecule has 4 fully saturated rings. The van der Waals surface area contributed by atoms with Crippen molar-refractivity contribution >= 4 is 17.7 Å². The van der Waals surface area contributed by atoms with Crippen LogP contribution in [0, 0.1) is 46.3 Å². The fraction of sp³-hybridized carbons (Fsp3) is 0.889. The molecule has 4 aliphatic carbocycles. The van der Waals surface area contributed by atoms with Gasteiger partial charge in [0.2, 0.25) is 0 Å². The summed E-state index contributed by atoms with van der Waals surface area (Å²) >= 11 is 0. The van der Waals surface area contributed by atoms with E-state index < -0.39 is 0 Å². The maximum Gasteiger partial charge on any atom is 0.305 e. The van der Waals surface area contributed by atoms with E-state index in [0.29, 0.717) is 48.2 Å². The van der Waals surface area contributed by atoms with Crippen LogP contribution in [0.1, 0.15) is 91.9 Å². The highest BCUT2D eigenvalue weighted by atomic mass is 16.5. The Kier molecular flexibility index (Phi) is 6.50. The number of Topliss-reactive ketones (excluding diaryl/α,β-unsaturated/α-hetero) is 1. The third-order valence-electron chi connectivity index (χ3n) is 10.5. The summed E-state index contributed by atoms with van der Waals surface area (Å²) in [5.41, 5.74) is 0.385. The molecule has 32 heavy (non-hydrogen) atoms. The Bertz CT molecular complexity index is 761. The maximum atomic E-state index is 13.6. The van der Waals surface area contributed by atoms with E-state index in [4.69, 9.17) is 9.47 Å². The Balaban J connectivity index is 1.50. The van der Waals surface area contributed by atoms with Crippen molar-refractivity contribution in [2.75, 3.05) is 7.11 Å². The van der Waals surface area contributed by atoms with Crippen LogP contribution in [0.4, 0.5) is 0 Å². The van der Waals surface area contributed by atoms with Gasteiger partial charge >= 0.3 is 11.9 Å². The minimum atomic E-state index is -0.203. The van der Waals surface area contributed by atoms with Crippen LogP contribution in [-0.4, -0.2) is 30.9 Å². The molecule has 4 aliphatic rings. The lowest BCUT2D eigenvalue weighted by molar-refractivity contribution is -0.168. The van der Waals surface area contributed by atoms with Crippen LogP contribution in [0.15, 0.2) is 0 Å². The lowest BCUT2D eigenvalue weighted by atomic mass is 9.44. The molecule has 0 aromatic heterocycles. The molecule has 0 aromatic rings. The topological polar surface area (TPSA) is 69.7 Å². The molecule has 0 spiro atoms. The summed E-state index contributed by atoms with van der Waals surface area (Å²) in [5, 5.41) is 0. The van der Waals surface area contributed by atoms with E-state index >= 15 is 0 Å². The number of ether oxygens (including phenoxy) is 2. The van der Waals surface area contributed by atoms with Gasteiger partial charge in [0.05, 0.1) is 7.11 Å². The lowest BCUT2D eigenvalue weighted by Crippen LogP contribution is -2.57. The van der Waals surface area contributed by atoms with Gasteiger partial charge in [0.15, 0.2) is 0 Å². The molecule has 5 heteroatoms. The second kappa shape index (κ2) is 8.76. The molecule has 9 unspecified atom stereocenters. The van der Waals surface area contributed by atoms with Gasteiger partial charge in [0, 0.05) is 25.7 Å². The molecule has 4 saturated carbocycles. The molecule has 0 bridgehead atoms. The summed E-state index contributed by atoms with van der Waals surface area (Å²) < 4.78 is 10.4. The fourth-order valence-corrected chi connectivity index (χ4v) is 8.86. The van der Waals surface area contributed by atoms with Crippen molar-refractivity contribution in [3.63, 3.8) is 0 Å². The second-order valence-corrected chi connectivity index (χ2v) is 11.9. The van der Waals surface area contributed by atoms with Crippen molar-refractivity contribution in [2.24, 2.45) is 46.3 Å². The Hall–Kier alpha value is -1.39. The summed E-state index contributed by atoms with van der Waals surface area (Å²) in [6, 6.07) is 0. The minimum absolute atomic E-state index is 0.0182. The molecule has 0 aliphatic heterocycles. The predicted octanol–water partition coefficient (Wildman–Crippen LogP) is 5.35. The van der Waals surface area contributed by atoms with Crippen molar-refractivity contribution in [1.29, 1.82) is 0 Å². The Morgan fingerprint density at radius 1 is 1.06 bits per heavy atom. The smallest absolute Gasteiger partial charge is 0.305 e. The van der Waals surface area contributed by atoms with Crippen LogP contribution >= 0.6 is 0 Å². The standard InChI is InChI=1S/C27H42O5/c1-16(6-9-24(30)31-5)20-7-8-21-25-22(11-13-27(20,21)4)26(3)12-10-19(32-17(2)28)14-18(26)15-23(25)29/h16,18-22,25H,6-15H2,1-5H3. The van der Waals surface area contributed by atoms with Gasteiger partial charge in [-0.25, -0.2) is 0 Å². The van der Waals surface area contributed by atoms with Crippen LogP contribution < -0.4 is 0 Å². The first-order chi connectivity index (χ1) is 15.1. The first kappa shape index (κ1) is 23.8. The van der Waals surface area contributed by atoms with Crippen molar-refractivity contribution < 1.29 is 23.9 Å². The number of carbonyl (C=O) groups excluding carboxylic acids is 3. The van der Waals surface area contributed by atoms with Gasteiger partial charge < -0.3 is 9.47 Å². The number of hydrogen-bond donors (Lipinski definition) is 0. The van der Waals surface area contributed by atoms with Gasteiger partial charge in [-0.2, -0.15) is 0 Å². The quantitative estimate of drug-likeness (QED) is 0.533. The van der Waals surface area contributed by atoms with Gasteiger partial charge in [0.1, 0.15) is 11.9 Å². The van der Waals surface area contributed by atoms with Crippen molar-refractivity contribution in [2.45, 2.75) is 98.0 Å². The number of fused-ring (bicyclic) bond motifs is 5. The van der Waals surface area contributed by atoms with Crippen molar-refractivity contribution in [1.82, 2.24) is 0 Å². The molecule has 180 valence electrons. The number of hydrogen-bond acceptors (Lipinski definition) is 5. The van der Waals surface area contributed by atoms with E-state index in [9.17, 15) is 14.4 Å². The highest BCUT2D eigenvalue weighted by Crippen LogP contribution is 2.67. The molecule has 5 nitrogen and oxygen atoms in total. The summed E-state index contributed by atoms with van der Waals surface area (Å²) in [6.07, 6.45) is 9.49. The van der Waals surface area contributed by atoms with Crippen LogP contribution in [0.3, 0.4) is 0 Å². The van der Waals surface area contributed by atoms with Crippen LogP contribution in [0.25, 0.3) is 0 Å². The van der Waals surface area contributed by atoms with E-state index in [1.54, 1.807) is 0 Å². The highest BCUT2D eigenvalue weighted by Gasteiger charge is 2.63. The van der Waals surface area contributed by atoms with E-state index in [1.807, 2.05) is 0 Å². The first-order valence-corrected chi connectivity index (χ1v) is 12.9. The van der Waals surface area contributed by atoms with Gasteiger partial charge in [-0.05, 0) is 91.8 Å². The Labute approximate surface area is 193 Å². The fourth-order valence-electron chi connectivity index (χ4n) is 8.86. The molecule has 0 heterocycles. The molecule has 0 N–H and O–H groups in total. The average molecular weight is 447 g/mol. The van der Waals surface area contributed by atoms with Gasteiger partial charge in [-0.15, -0.1) is 0 Å². The molecule has 0 radical (unpaired) electrons. The van der Waals surface area contributed by atoms with E-state index in [-0.39, 0.29) is 34.8 Å². The summed E-state index contributed by atoms with van der Waals surface area (Å²) in [4.78, 5) is 36.8.